The van der Waals surface area contributed by atoms with Crippen molar-refractivity contribution >= 4 is 0 Å². The molecule has 4 heteroatoms. The maximum atomic E-state index is 9.46. The van der Waals surface area contributed by atoms with Crippen molar-refractivity contribution in [2.75, 3.05) is 32.9 Å². The molecular formula is C9H19NO3. The highest BCUT2D eigenvalue weighted by Gasteiger charge is 2.23. The van der Waals surface area contributed by atoms with E-state index in [0.717, 1.165) is 13.0 Å². The molecular weight excluding hydrogens is 170 g/mol. The number of β-amino-alcohol motifs (C(OH)–C–C–N with tert-alkyl or cyclic N) is 1. The molecule has 0 radical (unpaired) electrons. The van der Waals surface area contributed by atoms with E-state index in [1.54, 1.807) is 0 Å². The molecule has 78 valence electrons. The van der Waals surface area contributed by atoms with Gasteiger partial charge in [0, 0.05) is 13.1 Å². The summed E-state index contributed by atoms with van der Waals surface area (Å²) in [6.07, 6.45) is 0.474. The molecule has 2 unspecified atom stereocenters. The van der Waals surface area contributed by atoms with Crippen LogP contribution in [0.4, 0.5) is 0 Å². The molecule has 0 aromatic rings. The van der Waals surface area contributed by atoms with Crippen LogP contribution in [0.1, 0.15) is 13.3 Å². The minimum atomic E-state index is -0.285. The lowest BCUT2D eigenvalue weighted by molar-refractivity contribution is -0.0435. The molecule has 0 spiro atoms. The van der Waals surface area contributed by atoms with Crippen LogP contribution in [0.3, 0.4) is 0 Å². The summed E-state index contributed by atoms with van der Waals surface area (Å²) in [5.41, 5.74) is 0. The number of rotatable bonds is 4. The Morgan fingerprint density at radius 1 is 1.62 bits per heavy atom. The summed E-state index contributed by atoms with van der Waals surface area (Å²) in [7, 11) is 0. The minimum absolute atomic E-state index is 0.0648. The van der Waals surface area contributed by atoms with Gasteiger partial charge in [0.25, 0.3) is 0 Å². The van der Waals surface area contributed by atoms with Gasteiger partial charge in [0.15, 0.2) is 0 Å². The van der Waals surface area contributed by atoms with Crippen LogP contribution in [-0.4, -0.2) is 60.2 Å². The molecule has 1 heterocycles. The molecule has 1 saturated heterocycles. The van der Waals surface area contributed by atoms with Crippen LogP contribution in [-0.2, 0) is 4.74 Å². The van der Waals surface area contributed by atoms with Crippen molar-refractivity contribution in [3.8, 4) is 0 Å². The molecule has 1 aliphatic heterocycles. The summed E-state index contributed by atoms with van der Waals surface area (Å²) in [5.74, 6) is 0. The van der Waals surface area contributed by atoms with E-state index < -0.39 is 0 Å². The van der Waals surface area contributed by atoms with Gasteiger partial charge in [-0.2, -0.15) is 0 Å². The summed E-state index contributed by atoms with van der Waals surface area (Å²) >= 11 is 0. The highest BCUT2D eigenvalue weighted by molar-refractivity contribution is 4.76. The van der Waals surface area contributed by atoms with Crippen molar-refractivity contribution in [2.45, 2.75) is 25.5 Å². The lowest BCUT2D eigenvalue weighted by Gasteiger charge is -2.35. The molecule has 1 fully saturated rings. The smallest absolute Gasteiger partial charge is 0.0664 e. The molecule has 4 nitrogen and oxygen atoms in total. The number of hydrogen-bond donors (Lipinski definition) is 2. The summed E-state index contributed by atoms with van der Waals surface area (Å²) < 4.78 is 5.24. The number of aliphatic hydroxyl groups excluding tert-OH is 2. The van der Waals surface area contributed by atoms with Gasteiger partial charge in [-0.1, -0.05) is 6.92 Å². The van der Waals surface area contributed by atoms with Gasteiger partial charge in [-0.15, -0.1) is 0 Å². The first-order valence-electron chi connectivity index (χ1n) is 4.88. The Morgan fingerprint density at radius 3 is 3.00 bits per heavy atom. The van der Waals surface area contributed by atoms with E-state index in [0.29, 0.717) is 19.8 Å². The second kappa shape index (κ2) is 5.54. The van der Waals surface area contributed by atoms with Gasteiger partial charge in [-0.3, -0.25) is 4.90 Å². The van der Waals surface area contributed by atoms with Crippen LogP contribution in [0.15, 0.2) is 0 Å². The number of ether oxygens (including phenoxy) is 1. The lowest BCUT2D eigenvalue weighted by Crippen LogP contribution is -2.50. The van der Waals surface area contributed by atoms with Gasteiger partial charge < -0.3 is 14.9 Å². The monoisotopic (exact) mass is 189 g/mol. The minimum Gasteiger partial charge on any atom is -0.395 e. The zero-order valence-corrected chi connectivity index (χ0v) is 8.15. The largest absolute Gasteiger partial charge is 0.395 e. The normalized spacial score (nSPS) is 27.5. The fourth-order valence-corrected chi connectivity index (χ4v) is 1.50. The average Bonchev–Trinajstić information content (AvgIpc) is 2.18. The molecule has 0 aromatic carbocycles. The Kier molecular flexibility index (Phi) is 4.66. The highest BCUT2D eigenvalue weighted by atomic mass is 16.5. The molecule has 1 rings (SSSR count). The average molecular weight is 189 g/mol. The maximum Gasteiger partial charge on any atom is 0.0664 e. The van der Waals surface area contributed by atoms with Gasteiger partial charge in [-0.25, -0.2) is 0 Å². The molecule has 0 aromatic heterocycles. The molecule has 0 aliphatic carbocycles. The summed E-state index contributed by atoms with van der Waals surface area (Å²) in [6.45, 7) is 4.79. The second-order valence-corrected chi connectivity index (χ2v) is 3.47. The molecule has 0 saturated carbocycles. The number of nitrogens with zero attached hydrogens (tertiary/aromatic N) is 1. The van der Waals surface area contributed by atoms with Crippen LogP contribution < -0.4 is 0 Å². The Bertz CT molecular complexity index is 143. The first kappa shape index (κ1) is 10.9. The molecule has 0 bridgehead atoms. The van der Waals surface area contributed by atoms with E-state index in [4.69, 9.17) is 9.84 Å². The standard InChI is InChI=1S/C9H19NO3/c1-2-9(12)5-10-3-4-13-7-8(10)6-11/h8-9,11-12H,2-7H2,1H3. The van der Waals surface area contributed by atoms with Crippen molar-refractivity contribution in [3.05, 3.63) is 0 Å². The van der Waals surface area contributed by atoms with Gasteiger partial charge in [-0.05, 0) is 6.42 Å². The number of hydrogen-bond acceptors (Lipinski definition) is 4. The Hall–Kier alpha value is -0.160. The highest BCUT2D eigenvalue weighted by Crippen LogP contribution is 2.07. The van der Waals surface area contributed by atoms with Crippen LogP contribution in [0.25, 0.3) is 0 Å². The fraction of sp³-hybridized carbons (Fsp3) is 1.00. The van der Waals surface area contributed by atoms with Crippen LogP contribution in [0, 0.1) is 0 Å². The van der Waals surface area contributed by atoms with Crippen molar-refractivity contribution in [1.29, 1.82) is 0 Å². The third-order valence-corrected chi connectivity index (χ3v) is 2.48. The van der Waals surface area contributed by atoms with Gasteiger partial charge in [0.1, 0.15) is 0 Å². The Balaban J connectivity index is 2.35. The van der Waals surface area contributed by atoms with Crippen molar-refractivity contribution in [1.82, 2.24) is 4.90 Å². The molecule has 13 heavy (non-hydrogen) atoms. The first-order chi connectivity index (χ1) is 6.27. The van der Waals surface area contributed by atoms with Crippen molar-refractivity contribution in [2.24, 2.45) is 0 Å². The summed E-state index contributed by atoms with van der Waals surface area (Å²) in [6, 6.07) is 0.0648. The molecule has 2 atom stereocenters. The Labute approximate surface area is 79.1 Å². The van der Waals surface area contributed by atoms with Crippen molar-refractivity contribution < 1.29 is 14.9 Å². The predicted molar refractivity (Wildman–Crippen MR) is 49.6 cm³/mol. The van der Waals surface area contributed by atoms with Gasteiger partial charge in [0.05, 0.1) is 32.0 Å². The van der Waals surface area contributed by atoms with E-state index in [1.807, 2.05) is 6.92 Å². The van der Waals surface area contributed by atoms with Gasteiger partial charge in [0.2, 0.25) is 0 Å². The first-order valence-corrected chi connectivity index (χ1v) is 4.88. The third kappa shape index (κ3) is 3.23. The van der Waals surface area contributed by atoms with E-state index in [2.05, 4.69) is 4.90 Å². The second-order valence-electron chi connectivity index (χ2n) is 3.47. The van der Waals surface area contributed by atoms with Crippen LogP contribution in [0.5, 0.6) is 0 Å². The third-order valence-electron chi connectivity index (χ3n) is 2.48. The topological polar surface area (TPSA) is 52.9 Å². The molecule has 1 aliphatic rings. The van der Waals surface area contributed by atoms with E-state index in [9.17, 15) is 5.11 Å². The number of morpholine rings is 1. The summed E-state index contributed by atoms with van der Waals surface area (Å²) in [4.78, 5) is 2.09. The maximum absolute atomic E-state index is 9.46. The van der Waals surface area contributed by atoms with E-state index in [1.165, 1.54) is 0 Å². The quantitative estimate of drug-likeness (QED) is 0.623. The summed E-state index contributed by atoms with van der Waals surface area (Å²) in [5, 5.41) is 18.5. The fourth-order valence-electron chi connectivity index (χ4n) is 1.50. The van der Waals surface area contributed by atoms with Crippen LogP contribution in [0.2, 0.25) is 0 Å². The van der Waals surface area contributed by atoms with E-state index >= 15 is 0 Å². The Morgan fingerprint density at radius 2 is 2.38 bits per heavy atom. The van der Waals surface area contributed by atoms with Crippen LogP contribution >= 0.6 is 0 Å². The molecule has 0 amide bonds. The molecule has 2 N–H and O–H groups in total. The van der Waals surface area contributed by atoms with Gasteiger partial charge >= 0.3 is 0 Å². The van der Waals surface area contributed by atoms with E-state index in [-0.39, 0.29) is 18.8 Å². The number of aliphatic hydroxyl groups is 2. The lowest BCUT2D eigenvalue weighted by atomic mass is 10.2. The predicted octanol–water partition coefficient (Wildman–Crippen LogP) is -0.550. The van der Waals surface area contributed by atoms with Crippen molar-refractivity contribution in [3.63, 3.8) is 0 Å². The zero-order valence-electron chi connectivity index (χ0n) is 8.15. The zero-order chi connectivity index (χ0) is 9.68. The SMILES string of the molecule is CCC(O)CN1CCOCC1CO.